The van der Waals surface area contributed by atoms with Gasteiger partial charge < -0.3 is 20.0 Å². The van der Waals surface area contributed by atoms with Gasteiger partial charge in [0.2, 0.25) is 11.6 Å². The van der Waals surface area contributed by atoms with Gasteiger partial charge in [0.25, 0.3) is 0 Å². The van der Waals surface area contributed by atoms with Crippen LogP contribution in [0, 0.1) is 0 Å². The third kappa shape index (κ3) is 15.0. The van der Waals surface area contributed by atoms with Gasteiger partial charge in [-0.25, -0.2) is 0 Å². The summed E-state index contributed by atoms with van der Waals surface area (Å²) in [5, 5.41) is 22.8. The molecule has 2 N–H and O–H groups in total. The number of nitrogens with zero attached hydrogens (tertiary/aromatic N) is 2. The molecule has 0 spiro atoms. The van der Waals surface area contributed by atoms with Crippen molar-refractivity contribution in [3.8, 4) is 5.75 Å². The average Bonchev–Trinajstić information content (AvgIpc) is 3.41. The molecule has 0 saturated heterocycles. The second-order valence-electron chi connectivity index (χ2n) is 16.2. The third-order valence-electron chi connectivity index (χ3n) is 11.5. The summed E-state index contributed by atoms with van der Waals surface area (Å²) in [5.41, 5.74) is 1.26. The smallest absolute Gasteiger partial charge is 0.238 e. The number of Topliss-reactive ketones (excluding diaryl/α,β-unsaturated/α-hetero) is 2. The van der Waals surface area contributed by atoms with Gasteiger partial charge in [0.15, 0.2) is 5.78 Å². The number of ketones is 3. The Bertz CT molecular complexity index is 1470. The topological polar surface area (TPSA) is 98.2 Å². The highest BCUT2D eigenvalue weighted by Gasteiger charge is 2.41. The van der Waals surface area contributed by atoms with E-state index in [4.69, 9.17) is 0 Å². The van der Waals surface area contributed by atoms with E-state index in [0.29, 0.717) is 0 Å². The van der Waals surface area contributed by atoms with E-state index < -0.39 is 23.1 Å². The molecule has 312 valence electrons. The van der Waals surface area contributed by atoms with Crippen LogP contribution in [-0.2, 0) is 14.4 Å². The minimum atomic E-state index is -0.922. The molecule has 2 aliphatic rings. The Morgan fingerprint density at radius 1 is 0.482 bits per heavy atom. The summed E-state index contributed by atoms with van der Waals surface area (Å²) in [4.78, 5) is 45.2. The fourth-order valence-electron chi connectivity index (χ4n) is 7.98. The number of aromatic hydroxyl groups is 1. The number of phenols is 1. The molecule has 0 fully saturated rings. The molecule has 0 radical (unpaired) electrons. The first-order chi connectivity index (χ1) is 27.3. The Labute approximate surface area is 340 Å². The van der Waals surface area contributed by atoms with Crippen LogP contribution in [0.25, 0.3) is 5.57 Å². The number of hydrogen-bond acceptors (Lipinski definition) is 7. The van der Waals surface area contributed by atoms with Crippen molar-refractivity contribution >= 4 is 28.6 Å². The van der Waals surface area contributed by atoms with Crippen LogP contribution in [0.3, 0.4) is 0 Å². The number of hydrogen-bond donors (Lipinski definition) is 2. The zero-order valence-electron chi connectivity index (χ0n) is 35.8. The molecule has 0 saturated carbocycles. The molecule has 1 aromatic rings. The van der Waals surface area contributed by atoms with Crippen LogP contribution >= 0.6 is 0 Å². The van der Waals surface area contributed by atoms with Gasteiger partial charge >= 0.3 is 0 Å². The molecule has 7 heteroatoms. The highest BCUT2D eigenvalue weighted by atomic mass is 16.3. The Morgan fingerprint density at radius 2 is 0.893 bits per heavy atom. The van der Waals surface area contributed by atoms with Crippen molar-refractivity contribution in [2.75, 3.05) is 31.1 Å². The summed E-state index contributed by atoms with van der Waals surface area (Å²) < 4.78 is 0. The highest BCUT2D eigenvalue weighted by Crippen LogP contribution is 2.39. The quantitative estimate of drug-likeness (QED) is 0.0440. The van der Waals surface area contributed by atoms with E-state index in [1.54, 1.807) is 24.3 Å². The lowest BCUT2D eigenvalue weighted by atomic mass is 9.96. The fourth-order valence-corrected chi connectivity index (χ4v) is 7.98. The van der Waals surface area contributed by atoms with Crippen molar-refractivity contribution < 1.29 is 24.6 Å². The number of aliphatic hydroxyl groups excluding tert-OH is 1. The normalized spacial score (nSPS) is 15.7. The van der Waals surface area contributed by atoms with Gasteiger partial charge in [-0.2, -0.15) is 0 Å². The highest BCUT2D eigenvalue weighted by molar-refractivity contribution is 6.63. The Kier molecular flexibility index (Phi) is 22.6. The standard InChI is InChI=1S/C49H76N2O5/c1-5-9-13-17-21-25-33-50(34-26-22-18-14-10-6-2)39-29-31-41(43(52)37-39)45-47(54)46(49(56)48(45)55)42-32-30-40(38-44(42)53)51(35-27-23-19-15-11-7-3)36-28-24-20-16-12-8-4/h29-32,37-38,52,54H,5-28,33-36H2,1-4H3/b46-42+. The van der Waals surface area contributed by atoms with Gasteiger partial charge in [-0.1, -0.05) is 156 Å². The number of unbranched alkanes of at least 4 members (excludes halogenated alkanes) is 20. The molecule has 1 aromatic carbocycles. The number of carbonyl (C=O) groups excluding carboxylic acids is 3. The number of anilines is 1. The second-order valence-corrected chi connectivity index (χ2v) is 16.2. The van der Waals surface area contributed by atoms with Crippen molar-refractivity contribution in [2.45, 2.75) is 182 Å². The molecule has 0 amide bonds. The number of allylic oxidation sites excluding steroid dienone is 6. The van der Waals surface area contributed by atoms with Gasteiger partial charge in [-0.05, 0) is 50.0 Å². The molecule has 0 aliphatic heterocycles. The number of rotatable bonds is 31. The molecule has 2 aliphatic carbocycles. The molecular formula is C49H76N2O5. The van der Waals surface area contributed by atoms with E-state index in [0.717, 1.165) is 88.9 Å². The zero-order valence-corrected chi connectivity index (χ0v) is 35.8. The van der Waals surface area contributed by atoms with E-state index in [9.17, 15) is 24.6 Å². The van der Waals surface area contributed by atoms with Crippen LogP contribution in [0.1, 0.15) is 187 Å². The number of carbonyl (C=O) groups is 3. The minimum absolute atomic E-state index is 0.0128. The summed E-state index contributed by atoms with van der Waals surface area (Å²) >= 11 is 0. The summed E-state index contributed by atoms with van der Waals surface area (Å²) in [6.45, 7) is 12.4. The Hall–Kier alpha value is -3.61. The molecule has 0 unspecified atom stereocenters. The summed E-state index contributed by atoms with van der Waals surface area (Å²) in [5.74, 6) is -2.94. The van der Waals surface area contributed by atoms with Crippen LogP contribution < -0.4 is 4.90 Å². The first kappa shape index (κ1) is 46.8. The van der Waals surface area contributed by atoms with Crippen molar-refractivity contribution in [1.82, 2.24) is 4.90 Å². The summed E-state index contributed by atoms with van der Waals surface area (Å²) in [7, 11) is 0. The van der Waals surface area contributed by atoms with Crippen LogP contribution in [-0.4, -0.2) is 58.6 Å². The van der Waals surface area contributed by atoms with E-state index in [2.05, 4.69) is 37.5 Å². The lowest BCUT2D eigenvalue weighted by Gasteiger charge is -2.27. The van der Waals surface area contributed by atoms with Gasteiger partial charge in [-0.15, -0.1) is 0 Å². The number of phenolic OH excluding ortho intramolecular Hbond substituents is 1. The number of benzene rings is 1. The maximum Gasteiger partial charge on any atom is 0.238 e. The van der Waals surface area contributed by atoms with Crippen molar-refractivity contribution in [3.63, 3.8) is 0 Å². The number of aliphatic hydroxyl groups is 1. The van der Waals surface area contributed by atoms with E-state index in [1.807, 2.05) is 12.1 Å². The molecule has 0 heterocycles. The lowest BCUT2D eigenvalue weighted by molar-refractivity contribution is -0.130. The minimum Gasteiger partial charge on any atom is -0.507 e. The second kappa shape index (κ2) is 27.1. The Morgan fingerprint density at radius 3 is 1.32 bits per heavy atom. The van der Waals surface area contributed by atoms with Crippen LogP contribution in [0.2, 0.25) is 0 Å². The predicted molar refractivity (Wildman–Crippen MR) is 234 cm³/mol. The maximum atomic E-state index is 13.7. The molecule has 3 rings (SSSR count). The fraction of sp³-hybridized carbons (Fsp3) is 0.653. The van der Waals surface area contributed by atoms with Crippen LogP contribution in [0.4, 0.5) is 5.69 Å². The first-order valence-electron chi connectivity index (χ1n) is 22.8. The van der Waals surface area contributed by atoms with Crippen molar-refractivity contribution in [3.05, 3.63) is 64.6 Å². The third-order valence-corrected chi connectivity index (χ3v) is 11.5. The SMILES string of the molecule is CCCCCCCCN(CCCCCCCC)C1=CC(=O)/C(=C2/C(=O)C(=O)C(c3ccc(N(CCCCCCCC)CCCCCCCC)cc3O)=C2O)C=C1. The van der Waals surface area contributed by atoms with Gasteiger partial charge in [0, 0.05) is 60.8 Å². The van der Waals surface area contributed by atoms with E-state index in [-0.39, 0.29) is 28.0 Å². The van der Waals surface area contributed by atoms with Crippen LogP contribution in [0.5, 0.6) is 5.75 Å². The van der Waals surface area contributed by atoms with Gasteiger partial charge in [0.1, 0.15) is 11.5 Å². The summed E-state index contributed by atoms with van der Waals surface area (Å²) in [6.07, 6.45) is 33.6. The van der Waals surface area contributed by atoms with Crippen LogP contribution in [0.15, 0.2) is 59.0 Å². The molecular weight excluding hydrogens is 697 g/mol. The van der Waals surface area contributed by atoms with Gasteiger partial charge in [-0.3, -0.25) is 14.4 Å². The monoisotopic (exact) mass is 773 g/mol. The molecule has 56 heavy (non-hydrogen) atoms. The van der Waals surface area contributed by atoms with Gasteiger partial charge in [0.05, 0.1) is 11.1 Å². The van der Waals surface area contributed by atoms with E-state index in [1.165, 1.54) is 103 Å². The Balaban J connectivity index is 1.80. The first-order valence-corrected chi connectivity index (χ1v) is 22.8. The zero-order chi connectivity index (χ0) is 40.5. The molecule has 0 bridgehead atoms. The van der Waals surface area contributed by atoms with Crippen molar-refractivity contribution in [2.24, 2.45) is 0 Å². The lowest BCUT2D eigenvalue weighted by Crippen LogP contribution is -2.27. The predicted octanol–water partition coefficient (Wildman–Crippen LogP) is 12.7. The summed E-state index contributed by atoms with van der Waals surface area (Å²) in [6, 6.07) is 5.15. The molecule has 7 nitrogen and oxygen atoms in total. The largest absolute Gasteiger partial charge is 0.507 e. The maximum absolute atomic E-state index is 13.7. The average molecular weight is 773 g/mol. The van der Waals surface area contributed by atoms with E-state index >= 15 is 0 Å². The van der Waals surface area contributed by atoms with Crippen molar-refractivity contribution in [1.29, 1.82) is 0 Å². The molecule has 0 atom stereocenters. The molecule has 0 aromatic heterocycles.